The van der Waals surface area contributed by atoms with E-state index < -0.39 is 0 Å². The summed E-state index contributed by atoms with van der Waals surface area (Å²) in [5.74, 6) is 0.337. The maximum absolute atomic E-state index is 14.3. The van der Waals surface area contributed by atoms with Gasteiger partial charge in [-0.2, -0.15) is 4.98 Å². The van der Waals surface area contributed by atoms with Gasteiger partial charge in [0, 0.05) is 11.6 Å². The van der Waals surface area contributed by atoms with Crippen molar-refractivity contribution in [3.63, 3.8) is 0 Å². The lowest BCUT2D eigenvalue weighted by Crippen LogP contribution is -2.17. The second-order valence-electron chi connectivity index (χ2n) is 6.50. The van der Waals surface area contributed by atoms with Gasteiger partial charge in [-0.25, -0.2) is 4.39 Å². The Morgan fingerprint density at radius 2 is 2.12 bits per heavy atom. The van der Waals surface area contributed by atoms with Gasteiger partial charge in [0.2, 0.25) is 5.82 Å². The fourth-order valence-corrected chi connectivity index (χ4v) is 3.39. The van der Waals surface area contributed by atoms with Crippen LogP contribution in [0.3, 0.4) is 0 Å². The van der Waals surface area contributed by atoms with Crippen molar-refractivity contribution in [3.8, 4) is 22.8 Å². The van der Waals surface area contributed by atoms with Crippen molar-refractivity contribution in [2.24, 2.45) is 5.73 Å². The van der Waals surface area contributed by atoms with Gasteiger partial charge in [-0.3, -0.25) is 0 Å². The maximum Gasteiger partial charge on any atom is 0.258 e. The Morgan fingerprint density at radius 1 is 1.24 bits per heavy atom. The molecule has 1 aliphatic carbocycles. The molecular weight excluding hydrogens is 317 g/mol. The van der Waals surface area contributed by atoms with Gasteiger partial charge in [0.05, 0.1) is 5.56 Å². The topological polar surface area (TPSA) is 64.9 Å². The van der Waals surface area contributed by atoms with E-state index in [-0.39, 0.29) is 17.7 Å². The number of halogens is 1. The van der Waals surface area contributed by atoms with Crippen LogP contribution in [0.5, 0.6) is 0 Å². The summed E-state index contributed by atoms with van der Waals surface area (Å²) in [4.78, 5) is 4.39. The van der Waals surface area contributed by atoms with Crippen molar-refractivity contribution in [2.45, 2.75) is 38.6 Å². The van der Waals surface area contributed by atoms with E-state index in [4.69, 9.17) is 10.3 Å². The van der Waals surface area contributed by atoms with E-state index in [0.717, 1.165) is 36.8 Å². The minimum absolute atomic E-state index is 0.0993. The lowest BCUT2D eigenvalue weighted by molar-refractivity contribution is 0.431. The fourth-order valence-electron chi connectivity index (χ4n) is 3.39. The number of benzene rings is 2. The normalized spacial score (nSPS) is 16.7. The molecule has 4 nitrogen and oxygen atoms in total. The third kappa shape index (κ3) is 2.96. The Morgan fingerprint density at radius 3 is 2.92 bits per heavy atom. The van der Waals surface area contributed by atoms with E-state index in [0.29, 0.717) is 11.5 Å². The molecule has 0 bridgehead atoms. The van der Waals surface area contributed by atoms with E-state index in [1.165, 1.54) is 17.2 Å². The highest BCUT2D eigenvalue weighted by molar-refractivity contribution is 5.62. The summed E-state index contributed by atoms with van der Waals surface area (Å²) in [5.41, 5.74) is 10.7. The van der Waals surface area contributed by atoms with Gasteiger partial charge in [0.15, 0.2) is 0 Å². The molecule has 0 spiro atoms. The first kappa shape index (κ1) is 16.0. The van der Waals surface area contributed by atoms with Crippen LogP contribution < -0.4 is 5.73 Å². The van der Waals surface area contributed by atoms with Crippen LogP contribution in [-0.2, 0) is 12.8 Å². The highest BCUT2D eigenvalue weighted by Crippen LogP contribution is 2.32. The summed E-state index contributed by atoms with van der Waals surface area (Å²) < 4.78 is 19.6. The van der Waals surface area contributed by atoms with Crippen LogP contribution in [0.25, 0.3) is 22.8 Å². The van der Waals surface area contributed by atoms with E-state index in [1.807, 2.05) is 25.1 Å². The molecular formula is C20H20FN3O. The van der Waals surface area contributed by atoms with Crippen molar-refractivity contribution in [1.82, 2.24) is 10.1 Å². The zero-order valence-electron chi connectivity index (χ0n) is 14.1. The Bertz CT molecular complexity index is 919. The molecule has 0 aliphatic heterocycles. The van der Waals surface area contributed by atoms with Gasteiger partial charge in [0.25, 0.3) is 5.89 Å². The van der Waals surface area contributed by atoms with E-state index >= 15 is 0 Å². The predicted octanol–water partition coefficient (Wildman–Crippen LogP) is 4.44. The van der Waals surface area contributed by atoms with Crippen molar-refractivity contribution >= 4 is 0 Å². The number of aromatic nitrogens is 2. The molecule has 3 aromatic rings. The van der Waals surface area contributed by atoms with Gasteiger partial charge in [-0.15, -0.1) is 0 Å². The molecule has 0 amide bonds. The molecule has 0 radical (unpaired) electrons. The predicted molar refractivity (Wildman–Crippen MR) is 94.4 cm³/mol. The minimum Gasteiger partial charge on any atom is -0.334 e. The first-order valence-corrected chi connectivity index (χ1v) is 8.67. The van der Waals surface area contributed by atoms with Crippen LogP contribution in [0.4, 0.5) is 4.39 Å². The van der Waals surface area contributed by atoms with Crippen LogP contribution in [0, 0.1) is 5.82 Å². The molecule has 128 valence electrons. The molecule has 0 saturated carbocycles. The van der Waals surface area contributed by atoms with Crippen LogP contribution in [0.15, 0.2) is 40.9 Å². The second kappa shape index (κ2) is 6.41. The second-order valence-corrected chi connectivity index (χ2v) is 6.50. The summed E-state index contributed by atoms with van der Waals surface area (Å²) in [7, 11) is 0. The van der Waals surface area contributed by atoms with Gasteiger partial charge >= 0.3 is 0 Å². The summed E-state index contributed by atoms with van der Waals surface area (Å²) in [6, 6.07) is 11.2. The quantitative estimate of drug-likeness (QED) is 0.767. The Kier molecular flexibility index (Phi) is 4.09. The zero-order valence-corrected chi connectivity index (χ0v) is 14.1. The molecule has 25 heavy (non-hydrogen) atoms. The molecule has 1 heterocycles. The van der Waals surface area contributed by atoms with Gasteiger partial charge in [-0.05, 0) is 66.6 Å². The molecule has 0 fully saturated rings. The first-order chi connectivity index (χ1) is 12.2. The molecule has 1 atom stereocenters. The third-order valence-corrected chi connectivity index (χ3v) is 4.86. The standard InChI is InChI=1S/C20H20FN3O/c1-2-12-6-8-16(17(21)10-12)19-23-20(25-24-19)14-7-9-15-13(11-14)4-3-5-18(15)22/h6-11,18H,2-5,22H2,1H3. The number of hydrogen-bond acceptors (Lipinski definition) is 4. The van der Waals surface area contributed by atoms with Gasteiger partial charge < -0.3 is 10.3 Å². The minimum atomic E-state index is -0.330. The largest absolute Gasteiger partial charge is 0.334 e. The molecule has 2 aromatic carbocycles. The average molecular weight is 337 g/mol. The van der Waals surface area contributed by atoms with E-state index in [1.54, 1.807) is 6.07 Å². The van der Waals surface area contributed by atoms with Crippen molar-refractivity contribution < 1.29 is 8.91 Å². The summed E-state index contributed by atoms with van der Waals surface area (Å²) in [6.07, 6.45) is 3.89. The highest BCUT2D eigenvalue weighted by Gasteiger charge is 2.19. The number of rotatable bonds is 3. The van der Waals surface area contributed by atoms with Crippen LogP contribution in [0.1, 0.15) is 42.5 Å². The zero-order chi connectivity index (χ0) is 17.4. The highest BCUT2D eigenvalue weighted by atomic mass is 19.1. The van der Waals surface area contributed by atoms with Crippen LogP contribution in [-0.4, -0.2) is 10.1 Å². The number of hydrogen-bond donors (Lipinski definition) is 1. The molecule has 1 aliphatic rings. The summed E-state index contributed by atoms with van der Waals surface area (Å²) in [5, 5.41) is 3.96. The van der Waals surface area contributed by atoms with Gasteiger partial charge in [0.1, 0.15) is 5.82 Å². The van der Waals surface area contributed by atoms with Crippen LogP contribution >= 0.6 is 0 Å². The molecule has 1 unspecified atom stereocenters. The summed E-state index contributed by atoms with van der Waals surface area (Å²) in [6.45, 7) is 1.99. The lowest BCUT2D eigenvalue weighted by Gasteiger charge is -2.22. The van der Waals surface area contributed by atoms with Crippen LogP contribution in [0.2, 0.25) is 0 Å². The summed E-state index contributed by atoms with van der Waals surface area (Å²) >= 11 is 0. The SMILES string of the molecule is CCc1ccc(-c2noc(-c3ccc4c(c3)CCCC4N)n2)c(F)c1. The number of fused-ring (bicyclic) bond motifs is 1. The number of aryl methyl sites for hydroxylation is 2. The molecule has 0 saturated heterocycles. The van der Waals surface area contributed by atoms with Crippen molar-refractivity contribution in [3.05, 3.63) is 58.9 Å². The van der Waals surface area contributed by atoms with E-state index in [2.05, 4.69) is 16.2 Å². The monoisotopic (exact) mass is 337 g/mol. The number of nitrogens with zero attached hydrogens (tertiary/aromatic N) is 2. The number of nitrogens with two attached hydrogens (primary N) is 1. The molecule has 2 N–H and O–H groups in total. The Hall–Kier alpha value is -2.53. The Balaban J connectivity index is 1.68. The van der Waals surface area contributed by atoms with Crippen molar-refractivity contribution in [2.75, 3.05) is 0 Å². The fraction of sp³-hybridized carbons (Fsp3) is 0.300. The molecule has 5 heteroatoms. The van der Waals surface area contributed by atoms with Crippen molar-refractivity contribution in [1.29, 1.82) is 0 Å². The van der Waals surface area contributed by atoms with Gasteiger partial charge in [-0.1, -0.05) is 24.2 Å². The van der Waals surface area contributed by atoms with E-state index in [9.17, 15) is 4.39 Å². The molecule has 4 rings (SSSR count). The lowest BCUT2D eigenvalue weighted by atomic mass is 9.87. The third-order valence-electron chi connectivity index (χ3n) is 4.86. The maximum atomic E-state index is 14.3. The molecule has 1 aromatic heterocycles. The first-order valence-electron chi connectivity index (χ1n) is 8.67. The Labute approximate surface area is 145 Å². The smallest absolute Gasteiger partial charge is 0.258 e. The average Bonchev–Trinajstić information content (AvgIpc) is 3.11.